The van der Waals surface area contributed by atoms with Crippen molar-refractivity contribution < 1.29 is 9.53 Å². The SMILES string of the molecule is O=C(C=Cc1ccccc1)O[C@@H]1CC2CC1C[C@H]2c1cnc[nH]1. The van der Waals surface area contributed by atoms with Crippen LogP contribution in [0, 0.1) is 11.8 Å². The van der Waals surface area contributed by atoms with Crippen molar-refractivity contribution in [2.24, 2.45) is 11.8 Å². The van der Waals surface area contributed by atoms with Crippen molar-refractivity contribution in [3.05, 3.63) is 60.2 Å². The second-order valence-corrected chi connectivity index (χ2v) is 6.56. The van der Waals surface area contributed by atoms with Crippen molar-refractivity contribution in [3.8, 4) is 0 Å². The third-order valence-electron chi connectivity index (χ3n) is 5.19. The predicted octanol–water partition coefficient (Wildman–Crippen LogP) is 3.55. The van der Waals surface area contributed by atoms with Gasteiger partial charge in [-0.15, -0.1) is 0 Å². The Morgan fingerprint density at radius 3 is 2.74 bits per heavy atom. The Morgan fingerprint density at radius 2 is 2.04 bits per heavy atom. The third kappa shape index (κ3) is 2.93. The minimum atomic E-state index is -0.232. The fraction of sp³-hybridized carbons (Fsp3) is 0.368. The van der Waals surface area contributed by atoms with E-state index in [1.165, 1.54) is 11.8 Å². The van der Waals surface area contributed by atoms with E-state index in [4.69, 9.17) is 4.74 Å². The van der Waals surface area contributed by atoms with Crippen LogP contribution in [-0.2, 0) is 9.53 Å². The standard InChI is InChI=1S/C19H20N2O2/c22-19(7-6-13-4-2-1-3-5-13)23-18-10-14-8-15(18)9-16(14)17-11-20-12-21-17/h1-7,11-12,14-16,18H,8-10H2,(H,20,21)/t14?,15?,16-,18-/m1/s1. The van der Waals surface area contributed by atoms with Gasteiger partial charge in [-0.25, -0.2) is 9.78 Å². The molecule has 118 valence electrons. The highest BCUT2D eigenvalue weighted by Gasteiger charge is 2.48. The van der Waals surface area contributed by atoms with Crippen molar-refractivity contribution in [1.82, 2.24) is 9.97 Å². The lowest BCUT2D eigenvalue weighted by Crippen LogP contribution is -2.26. The molecule has 0 saturated heterocycles. The number of ether oxygens (including phenoxy) is 1. The number of carbonyl (C=O) groups excluding carboxylic acids is 1. The molecule has 23 heavy (non-hydrogen) atoms. The van der Waals surface area contributed by atoms with Gasteiger partial charge in [0.25, 0.3) is 0 Å². The van der Waals surface area contributed by atoms with Gasteiger partial charge in [-0.3, -0.25) is 0 Å². The summed E-state index contributed by atoms with van der Waals surface area (Å²) in [6, 6.07) is 9.81. The third-order valence-corrected chi connectivity index (χ3v) is 5.19. The van der Waals surface area contributed by atoms with Gasteiger partial charge < -0.3 is 9.72 Å². The van der Waals surface area contributed by atoms with Crippen LogP contribution in [0.3, 0.4) is 0 Å². The molecule has 2 aromatic rings. The van der Waals surface area contributed by atoms with Crippen LogP contribution in [0.15, 0.2) is 48.9 Å². The largest absolute Gasteiger partial charge is 0.459 e. The molecule has 4 heteroatoms. The Kier molecular flexibility index (Phi) is 3.74. The molecule has 1 N–H and O–H groups in total. The molecular weight excluding hydrogens is 288 g/mol. The van der Waals surface area contributed by atoms with Crippen LogP contribution in [0.25, 0.3) is 6.08 Å². The summed E-state index contributed by atoms with van der Waals surface area (Å²) in [7, 11) is 0. The topological polar surface area (TPSA) is 55.0 Å². The number of benzene rings is 1. The highest BCUT2D eigenvalue weighted by Crippen LogP contribution is 2.53. The molecule has 1 aromatic carbocycles. The number of nitrogens with zero attached hydrogens (tertiary/aromatic N) is 1. The van der Waals surface area contributed by atoms with Gasteiger partial charge in [-0.1, -0.05) is 30.3 Å². The van der Waals surface area contributed by atoms with Gasteiger partial charge in [-0.2, -0.15) is 0 Å². The predicted molar refractivity (Wildman–Crippen MR) is 87.5 cm³/mol. The Balaban J connectivity index is 1.33. The zero-order valence-electron chi connectivity index (χ0n) is 12.9. The number of hydrogen-bond acceptors (Lipinski definition) is 3. The molecule has 0 amide bonds. The van der Waals surface area contributed by atoms with Crippen molar-refractivity contribution in [2.45, 2.75) is 31.3 Å². The maximum Gasteiger partial charge on any atom is 0.331 e. The van der Waals surface area contributed by atoms with Crippen LogP contribution in [0.2, 0.25) is 0 Å². The number of hydrogen-bond donors (Lipinski definition) is 1. The van der Waals surface area contributed by atoms with E-state index in [-0.39, 0.29) is 12.1 Å². The molecule has 4 nitrogen and oxygen atoms in total. The van der Waals surface area contributed by atoms with Crippen LogP contribution in [0.4, 0.5) is 0 Å². The minimum Gasteiger partial charge on any atom is -0.459 e. The first-order valence-electron chi connectivity index (χ1n) is 8.21. The average molecular weight is 308 g/mol. The summed E-state index contributed by atoms with van der Waals surface area (Å²) in [5, 5.41) is 0. The molecule has 0 radical (unpaired) electrons. The van der Waals surface area contributed by atoms with Crippen LogP contribution >= 0.6 is 0 Å². The number of esters is 1. The number of imidazole rings is 1. The summed E-state index contributed by atoms with van der Waals surface area (Å²) >= 11 is 0. The quantitative estimate of drug-likeness (QED) is 0.694. The molecule has 2 unspecified atom stereocenters. The molecule has 2 fully saturated rings. The van der Waals surface area contributed by atoms with Gasteiger partial charge in [0.05, 0.1) is 6.33 Å². The molecule has 4 rings (SSSR count). The normalized spacial score (nSPS) is 29.2. The molecule has 2 aliphatic rings. The summed E-state index contributed by atoms with van der Waals surface area (Å²) in [5.41, 5.74) is 2.24. The average Bonchev–Trinajstić information content (AvgIpc) is 3.30. The van der Waals surface area contributed by atoms with E-state index in [9.17, 15) is 4.79 Å². The summed E-state index contributed by atoms with van der Waals surface area (Å²) < 4.78 is 5.68. The van der Waals surface area contributed by atoms with Gasteiger partial charge in [0, 0.05) is 23.9 Å². The van der Waals surface area contributed by atoms with Gasteiger partial charge >= 0.3 is 5.97 Å². The molecular formula is C19H20N2O2. The summed E-state index contributed by atoms with van der Waals surface area (Å²) in [5.74, 6) is 1.42. The smallest absolute Gasteiger partial charge is 0.331 e. The Morgan fingerprint density at radius 1 is 1.17 bits per heavy atom. The molecule has 4 atom stereocenters. The maximum atomic E-state index is 12.0. The fourth-order valence-corrected chi connectivity index (χ4v) is 4.13. The summed E-state index contributed by atoms with van der Waals surface area (Å²) in [6.07, 6.45) is 10.3. The van der Waals surface area contributed by atoms with Crippen LogP contribution in [0.5, 0.6) is 0 Å². The number of rotatable bonds is 4. The number of nitrogens with one attached hydrogen (secondary N) is 1. The van der Waals surface area contributed by atoms with E-state index in [1.807, 2.05) is 42.6 Å². The van der Waals surface area contributed by atoms with E-state index >= 15 is 0 Å². The zero-order valence-corrected chi connectivity index (χ0v) is 12.9. The molecule has 0 aliphatic heterocycles. The lowest BCUT2D eigenvalue weighted by Gasteiger charge is -2.26. The number of carbonyl (C=O) groups is 1. The van der Waals surface area contributed by atoms with Crippen molar-refractivity contribution in [2.75, 3.05) is 0 Å². The molecule has 2 saturated carbocycles. The summed E-state index contributed by atoms with van der Waals surface area (Å²) in [6.45, 7) is 0. The van der Waals surface area contributed by atoms with Gasteiger partial charge in [0.1, 0.15) is 6.10 Å². The fourth-order valence-electron chi connectivity index (χ4n) is 4.13. The lowest BCUT2D eigenvalue weighted by molar-refractivity contribution is -0.145. The van der Waals surface area contributed by atoms with Crippen LogP contribution in [-0.4, -0.2) is 22.0 Å². The highest BCUT2D eigenvalue weighted by molar-refractivity contribution is 5.87. The number of H-pyrrole nitrogens is 1. The first kappa shape index (κ1) is 14.2. The number of aromatic amines is 1. The summed E-state index contributed by atoms with van der Waals surface area (Å²) in [4.78, 5) is 19.4. The van der Waals surface area contributed by atoms with Gasteiger partial charge in [-0.05, 0) is 42.7 Å². The van der Waals surface area contributed by atoms with E-state index in [1.54, 1.807) is 6.33 Å². The monoisotopic (exact) mass is 308 g/mol. The molecule has 2 bridgehead atoms. The van der Waals surface area contributed by atoms with Crippen molar-refractivity contribution >= 4 is 12.0 Å². The van der Waals surface area contributed by atoms with Crippen LogP contribution in [0.1, 0.15) is 36.4 Å². The minimum absolute atomic E-state index is 0.0760. The zero-order chi connectivity index (χ0) is 15.6. The first-order valence-corrected chi connectivity index (χ1v) is 8.21. The first-order chi connectivity index (χ1) is 11.3. The van der Waals surface area contributed by atoms with E-state index in [2.05, 4.69) is 9.97 Å². The second kappa shape index (κ2) is 6.03. The lowest BCUT2D eigenvalue weighted by atomic mass is 9.85. The van der Waals surface area contributed by atoms with Crippen molar-refractivity contribution in [3.63, 3.8) is 0 Å². The van der Waals surface area contributed by atoms with Gasteiger partial charge in [0.2, 0.25) is 0 Å². The van der Waals surface area contributed by atoms with E-state index in [0.29, 0.717) is 17.8 Å². The van der Waals surface area contributed by atoms with Gasteiger partial charge in [0.15, 0.2) is 0 Å². The Labute approximate surface area is 135 Å². The second-order valence-electron chi connectivity index (χ2n) is 6.56. The molecule has 0 spiro atoms. The number of aromatic nitrogens is 2. The molecule has 1 aromatic heterocycles. The molecule has 2 aliphatic carbocycles. The Hall–Kier alpha value is -2.36. The number of fused-ring (bicyclic) bond motifs is 2. The van der Waals surface area contributed by atoms with E-state index < -0.39 is 0 Å². The maximum absolute atomic E-state index is 12.0. The Bertz CT molecular complexity index is 693. The van der Waals surface area contributed by atoms with E-state index in [0.717, 1.165) is 24.8 Å². The molecule has 1 heterocycles. The van der Waals surface area contributed by atoms with Crippen LogP contribution < -0.4 is 0 Å². The highest BCUT2D eigenvalue weighted by atomic mass is 16.5. The van der Waals surface area contributed by atoms with Crippen molar-refractivity contribution in [1.29, 1.82) is 0 Å².